The van der Waals surface area contributed by atoms with E-state index < -0.39 is 0 Å². The number of carbonyl (C=O) groups is 1. The van der Waals surface area contributed by atoms with Gasteiger partial charge in [0, 0.05) is 17.6 Å². The average Bonchev–Trinajstić information content (AvgIpc) is 2.62. The van der Waals surface area contributed by atoms with E-state index in [1.54, 1.807) is 6.07 Å². The van der Waals surface area contributed by atoms with E-state index in [0.717, 1.165) is 23.2 Å². The maximum Gasteiger partial charge on any atom is 0.259 e. The summed E-state index contributed by atoms with van der Waals surface area (Å²) < 4.78 is 12.3. The van der Waals surface area contributed by atoms with Gasteiger partial charge in [-0.1, -0.05) is 33.6 Å². The fraction of sp³-hybridized carbons (Fsp3) is 0.278. The minimum absolute atomic E-state index is 0.277. The molecule has 0 aromatic heterocycles. The van der Waals surface area contributed by atoms with Crippen LogP contribution in [0.25, 0.3) is 0 Å². The van der Waals surface area contributed by atoms with Gasteiger partial charge in [-0.25, -0.2) is 0 Å². The number of amides is 1. The van der Waals surface area contributed by atoms with E-state index in [0.29, 0.717) is 39.7 Å². The zero-order valence-electron chi connectivity index (χ0n) is 14.0. The Morgan fingerprint density at radius 1 is 1.27 bits per heavy atom. The molecule has 1 saturated heterocycles. The molecule has 1 fully saturated rings. The molecule has 5 nitrogen and oxygen atoms in total. The molecule has 26 heavy (non-hydrogen) atoms. The summed E-state index contributed by atoms with van der Waals surface area (Å²) in [7, 11) is 1.53. The lowest BCUT2D eigenvalue weighted by molar-refractivity contribution is 0.102. The van der Waals surface area contributed by atoms with Crippen LogP contribution in [0.4, 0.5) is 11.4 Å². The minimum Gasteiger partial charge on any atom is -0.495 e. The average molecular weight is 505 g/mol. The Balaban J connectivity index is 1.95. The van der Waals surface area contributed by atoms with Crippen molar-refractivity contribution in [2.45, 2.75) is 0 Å². The van der Waals surface area contributed by atoms with Crippen molar-refractivity contribution in [1.82, 2.24) is 0 Å². The third-order valence-corrected chi connectivity index (χ3v) is 5.37. The van der Waals surface area contributed by atoms with Gasteiger partial charge >= 0.3 is 0 Å². The summed E-state index contributed by atoms with van der Waals surface area (Å²) in [6, 6.07) is 9.02. The zero-order chi connectivity index (χ0) is 18.7. The van der Waals surface area contributed by atoms with Crippen LogP contribution in [0, 0.1) is 0 Å². The van der Waals surface area contributed by atoms with Gasteiger partial charge in [0.1, 0.15) is 5.75 Å². The van der Waals surface area contributed by atoms with E-state index in [-0.39, 0.29) is 5.91 Å². The van der Waals surface area contributed by atoms with Crippen LogP contribution in [0.1, 0.15) is 10.4 Å². The Labute approximate surface area is 173 Å². The van der Waals surface area contributed by atoms with Crippen molar-refractivity contribution in [3.8, 4) is 5.75 Å². The number of hydrogen-bond donors (Lipinski definition) is 1. The smallest absolute Gasteiger partial charge is 0.259 e. The molecule has 1 N–H and O–H groups in total. The topological polar surface area (TPSA) is 50.8 Å². The number of rotatable bonds is 4. The fourth-order valence-electron chi connectivity index (χ4n) is 2.85. The van der Waals surface area contributed by atoms with Crippen LogP contribution in [0.15, 0.2) is 39.3 Å². The van der Waals surface area contributed by atoms with E-state index in [1.807, 2.05) is 24.3 Å². The molecule has 1 heterocycles. The third-order valence-electron chi connectivity index (χ3n) is 4.02. The van der Waals surface area contributed by atoms with Crippen molar-refractivity contribution in [1.29, 1.82) is 0 Å². The Hall–Kier alpha value is -1.28. The number of anilines is 2. The summed E-state index contributed by atoms with van der Waals surface area (Å²) in [6.45, 7) is 2.70. The number of benzene rings is 2. The second kappa shape index (κ2) is 8.61. The van der Waals surface area contributed by atoms with Gasteiger partial charge in [-0.15, -0.1) is 0 Å². The van der Waals surface area contributed by atoms with Gasteiger partial charge in [0.2, 0.25) is 0 Å². The Morgan fingerprint density at radius 3 is 2.69 bits per heavy atom. The number of nitrogens with zero attached hydrogens (tertiary/aromatic N) is 1. The van der Waals surface area contributed by atoms with Crippen LogP contribution in [0.3, 0.4) is 0 Å². The standard InChI is InChI=1S/C18H17Br2ClN2O3/c1-25-17-12(9-11(19)10-13(17)20)18(24)22-15-4-2-3-14(21)16(15)23-5-7-26-8-6-23/h2-4,9-10H,5-8H2,1H3,(H,22,24). The van der Waals surface area contributed by atoms with Gasteiger partial charge in [0.05, 0.1) is 46.8 Å². The van der Waals surface area contributed by atoms with Crippen molar-refractivity contribution in [2.24, 2.45) is 0 Å². The summed E-state index contributed by atoms with van der Waals surface area (Å²) in [5, 5.41) is 3.56. The number of halogens is 3. The van der Waals surface area contributed by atoms with Gasteiger partial charge < -0.3 is 19.7 Å². The van der Waals surface area contributed by atoms with Crippen molar-refractivity contribution in [2.75, 3.05) is 43.6 Å². The molecule has 0 aliphatic carbocycles. The quantitative estimate of drug-likeness (QED) is 0.640. The number of morpholine rings is 1. The lowest BCUT2D eigenvalue weighted by Gasteiger charge is -2.31. The molecule has 0 unspecified atom stereocenters. The maximum atomic E-state index is 12.9. The van der Waals surface area contributed by atoms with Crippen LogP contribution in [-0.2, 0) is 4.74 Å². The highest BCUT2D eigenvalue weighted by atomic mass is 79.9. The summed E-state index contributed by atoms with van der Waals surface area (Å²) in [5.74, 6) is 0.196. The molecule has 1 aliphatic rings. The Bertz CT molecular complexity index is 826. The van der Waals surface area contributed by atoms with Crippen molar-refractivity contribution < 1.29 is 14.3 Å². The van der Waals surface area contributed by atoms with Gasteiger partial charge in [0.15, 0.2) is 0 Å². The summed E-state index contributed by atoms with van der Waals surface area (Å²) >= 11 is 13.3. The van der Waals surface area contributed by atoms with E-state index in [2.05, 4.69) is 42.1 Å². The second-order valence-electron chi connectivity index (χ2n) is 5.66. The zero-order valence-corrected chi connectivity index (χ0v) is 17.9. The van der Waals surface area contributed by atoms with E-state index in [9.17, 15) is 4.79 Å². The third kappa shape index (κ3) is 4.17. The molecule has 138 valence electrons. The number of nitrogens with one attached hydrogen (secondary N) is 1. The number of methoxy groups -OCH3 is 1. The molecular weight excluding hydrogens is 487 g/mol. The minimum atomic E-state index is -0.277. The predicted octanol–water partition coefficient (Wildman–Crippen LogP) is 4.96. The van der Waals surface area contributed by atoms with Gasteiger partial charge in [0.25, 0.3) is 5.91 Å². The Kier molecular flexibility index (Phi) is 6.45. The molecule has 1 amide bonds. The maximum absolute atomic E-state index is 12.9. The highest BCUT2D eigenvalue weighted by Crippen LogP contribution is 2.37. The SMILES string of the molecule is COc1c(Br)cc(Br)cc1C(=O)Nc1cccc(Cl)c1N1CCOCC1. The highest BCUT2D eigenvalue weighted by Gasteiger charge is 2.21. The van der Waals surface area contributed by atoms with Crippen LogP contribution in [0.2, 0.25) is 5.02 Å². The monoisotopic (exact) mass is 502 g/mol. The largest absolute Gasteiger partial charge is 0.495 e. The number of hydrogen-bond acceptors (Lipinski definition) is 4. The fourth-order valence-corrected chi connectivity index (χ4v) is 4.53. The number of para-hydroxylation sites is 1. The first-order valence-electron chi connectivity index (χ1n) is 7.97. The van der Waals surface area contributed by atoms with Crippen LogP contribution in [-0.4, -0.2) is 39.3 Å². The van der Waals surface area contributed by atoms with Crippen molar-refractivity contribution >= 4 is 60.7 Å². The van der Waals surface area contributed by atoms with Gasteiger partial charge in [-0.2, -0.15) is 0 Å². The lowest BCUT2D eigenvalue weighted by atomic mass is 10.1. The van der Waals surface area contributed by atoms with E-state index in [1.165, 1.54) is 7.11 Å². The van der Waals surface area contributed by atoms with Crippen LogP contribution in [0.5, 0.6) is 5.75 Å². The molecular formula is C18H17Br2ClN2O3. The first kappa shape index (κ1) is 19.5. The van der Waals surface area contributed by atoms with Gasteiger partial charge in [-0.3, -0.25) is 4.79 Å². The summed E-state index contributed by atoms with van der Waals surface area (Å²) in [6.07, 6.45) is 0. The molecule has 0 radical (unpaired) electrons. The molecule has 3 rings (SSSR count). The molecule has 0 spiro atoms. The lowest BCUT2D eigenvalue weighted by Crippen LogP contribution is -2.37. The molecule has 1 aliphatic heterocycles. The first-order valence-corrected chi connectivity index (χ1v) is 9.93. The van der Waals surface area contributed by atoms with Gasteiger partial charge in [-0.05, 0) is 40.2 Å². The van der Waals surface area contributed by atoms with E-state index >= 15 is 0 Å². The molecule has 0 bridgehead atoms. The summed E-state index contributed by atoms with van der Waals surface area (Å²) in [5.41, 5.74) is 1.88. The number of ether oxygens (including phenoxy) is 2. The van der Waals surface area contributed by atoms with E-state index in [4.69, 9.17) is 21.1 Å². The predicted molar refractivity (Wildman–Crippen MR) is 111 cm³/mol. The highest BCUT2D eigenvalue weighted by molar-refractivity contribution is 9.11. The van der Waals surface area contributed by atoms with Crippen molar-refractivity contribution in [3.63, 3.8) is 0 Å². The molecule has 2 aromatic carbocycles. The second-order valence-corrected chi connectivity index (χ2v) is 7.84. The normalized spacial score (nSPS) is 14.2. The molecule has 0 saturated carbocycles. The number of carbonyl (C=O) groups excluding carboxylic acids is 1. The van der Waals surface area contributed by atoms with Crippen LogP contribution >= 0.6 is 43.5 Å². The molecule has 2 aromatic rings. The van der Waals surface area contributed by atoms with Crippen molar-refractivity contribution in [3.05, 3.63) is 49.9 Å². The Morgan fingerprint density at radius 2 is 2.00 bits per heavy atom. The summed E-state index contributed by atoms with van der Waals surface area (Å²) in [4.78, 5) is 15.0. The molecule has 8 heteroatoms. The molecule has 0 atom stereocenters. The van der Waals surface area contributed by atoms with Crippen LogP contribution < -0.4 is 15.0 Å². The first-order chi connectivity index (χ1) is 12.5.